The van der Waals surface area contributed by atoms with Crippen molar-refractivity contribution in [1.82, 2.24) is 10.2 Å². The SMILES string of the molecule is CN=C(NCCc1cccc(OC)c1)N(C)Cc1ccccc1OC. The van der Waals surface area contributed by atoms with Crippen molar-refractivity contribution in [2.24, 2.45) is 4.99 Å². The number of hydrogen-bond donors (Lipinski definition) is 1. The summed E-state index contributed by atoms with van der Waals surface area (Å²) in [5, 5.41) is 3.41. The van der Waals surface area contributed by atoms with Crippen molar-refractivity contribution in [3.8, 4) is 11.5 Å². The van der Waals surface area contributed by atoms with Crippen molar-refractivity contribution in [3.05, 3.63) is 59.7 Å². The fourth-order valence-electron chi connectivity index (χ4n) is 2.70. The van der Waals surface area contributed by atoms with Crippen molar-refractivity contribution < 1.29 is 9.47 Å². The summed E-state index contributed by atoms with van der Waals surface area (Å²) in [6.45, 7) is 1.53. The molecule has 5 heteroatoms. The maximum atomic E-state index is 5.42. The van der Waals surface area contributed by atoms with Gasteiger partial charge in [-0.15, -0.1) is 0 Å². The van der Waals surface area contributed by atoms with E-state index in [0.29, 0.717) is 0 Å². The van der Waals surface area contributed by atoms with Crippen LogP contribution in [0, 0.1) is 0 Å². The van der Waals surface area contributed by atoms with Gasteiger partial charge in [0, 0.05) is 32.7 Å². The molecule has 0 heterocycles. The Labute approximate surface area is 150 Å². The summed E-state index contributed by atoms with van der Waals surface area (Å²) < 4.78 is 10.7. The lowest BCUT2D eigenvalue weighted by Gasteiger charge is -2.23. The number of methoxy groups -OCH3 is 2. The van der Waals surface area contributed by atoms with Gasteiger partial charge < -0.3 is 19.7 Å². The predicted molar refractivity (Wildman–Crippen MR) is 103 cm³/mol. The van der Waals surface area contributed by atoms with E-state index in [0.717, 1.165) is 42.5 Å². The first kappa shape index (κ1) is 18.6. The lowest BCUT2D eigenvalue weighted by Crippen LogP contribution is -2.39. The third-order valence-corrected chi connectivity index (χ3v) is 4.00. The number of rotatable bonds is 7. The van der Waals surface area contributed by atoms with E-state index in [4.69, 9.17) is 9.47 Å². The minimum atomic E-state index is 0.725. The zero-order valence-electron chi connectivity index (χ0n) is 15.5. The van der Waals surface area contributed by atoms with Crippen LogP contribution in [0.4, 0.5) is 0 Å². The van der Waals surface area contributed by atoms with E-state index in [1.807, 2.05) is 37.4 Å². The van der Waals surface area contributed by atoms with E-state index in [2.05, 4.69) is 33.4 Å². The van der Waals surface area contributed by atoms with Crippen LogP contribution in [0.15, 0.2) is 53.5 Å². The Morgan fingerprint density at radius 1 is 1.08 bits per heavy atom. The standard InChI is InChI=1S/C20H27N3O2/c1-21-20(22-13-12-16-8-7-10-18(14-16)24-3)23(2)15-17-9-5-6-11-19(17)25-4/h5-11,14H,12-13,15H2,1-4H3,(H,21,22). The van der Waals surface area contributed by atoms with Gasteiger partial charge in [-0.3, -0.25) is 4.99 Å². The van der Waals surface area contributed by atoms with E-state index in [1.54, 1.807) is 21.3 Å². The molecule has 0 amide bonds. The molecule has 2 aromatic rings. The zero-order valence-corrected chi connectivity index (χ0v) is 15.5. The lowest BCUT2D eigenvalue weighted by atomic mass is 10.1. The van der Waals surface area contributed by atoms with Crippen LogP contribution in [-0.2, 0) is 13.0 Å². The van der Waals surface area contributed by atoms with Crippen molar-refractivity contribution in [1.29, 1.82) is 0 Å². The van der Waals surface area contributed by atoms with Gasteiger partial charge in [0.15, 0.2) is 5.96 Å². The third kappa shape index (κ3) is 5.41. The Hall–Kier alpha value is -2.69. The van der Waals surface area contributed by atoms with E-state index < -0.39 is 0 Å². The topological polar surface area (TPSA) is 46.1 Å². The number of guanidine groups is 1. The van der Waals surface area contributed by atoms with Crippen LogP contribution in [0.1, 0.15) is 11.1 Å². The van der Waals surface area contributed by atoms with Gasteiger partial charge in [0.2, 0.25) is 0 Å². The minimum absolute atomic E-state index is 0.725. The number of hydrogen-bond acceptors (Lipinski definition) is 3. The van der Waals surface area contributed by atoms with Crippen LogP contribution >= 0.6 is 0 Å². The largest absolute Gasteiger partial charge is 0.497 e. The van der Waals surface area contributed by atoms with Crippen molar-refractivity contribution in [3.63, 3.8) is 0 Å². The first-order valence-electron chi connectivity index (χ1n) is 8.34. The van der Waals surface area contributed by atoms with Crippen molar-refractivity contribution in [2.75, 3.05) is 34.9 Å². The molecule has 0 aliphatic rings. The summed E-state index contributed by atoms with van der Waals surface area (Å²) in [4.78, 5) is 6.46. The first-order chi connectivity index (χ1) is 12.2. The number of nitrogens with zero attached hydrogens (tertiary/aromatic N) is 2. The molecule has 1 N–H and O–H groups in total. The Morgan fingerprint density at radius 3 is 2.60 bits per heavy atom. The molecule has 0 saturated heterocycles. The van der Waals surface area contributed by atoms with Gasteiger partial charge in [-0.1, -0.05) is 30.3 Å². The van der Waals surface area contributed by atoms with Gasteiger partial charge in [-0.25, -0.2) is 0 Å². The van der Waals surface area contributed by atoms with Crippen LogP contribution in [-0.4, -0.2) is 45.7 Å². The van der Waals surface area contributed by atoms with Gasteiger partial charge in [-0.05, 0) is 30.2 Å². The molecular formula is C20H27N3O2. The molecule has 0 aliphatic heterocycles. The molecule has 0 spiro atoms. The number of ether oxygens (including phenoxy) is 2. The monoisotopic (exact) mass is 341 g/mol. The van der Waals surface area contributed by atoms with Crippen LogP contribution in [0.25, 0.3) is 0 Å². The van der Waals surface area contributed by atoms with E-state index in [9.17, 15) is 0 Å². The summed E-state index contributed by atoms with van der Waals surface area (Å²) in [6, 6.07) is 16.2. The average Bonchev–Trinajstić information content (AvgIpc) is 2.65. The van der Waals surface area contributed by atoms with Crippen molar-refractivity contribution in [2.45, 2.75) is 13.0 Å². The number of benzene rings is 2. The summed E-state index contributed by atoms with van der Waals surface area (Å²) in [5.74, 6) is 2.63. The van der Waals surface area contributed by atoms with Gasteiger partial charge in [-0.2, -0.15) is 0 Å². The highest BCUT2D eigenvalue weighted by molar-refractivity contribution is 5.79. The molecule has 0 unspecified atom stereocenters. The Morgan fingerprint density at radius 2 is 1.88 bits per heavy atom. The van der Waals surface area contributed by atoms with Gasteiger partial charge in [0.1, 0.15) is 11.5 Å². The number of para-hydroxylation sites is 1. The highest BCUT2D eigenvalue weighted by Gasteiger charge is 2.09. The quantitative estimate of drug-likeness (QED) is 0.621. The fourth-order valence-corrected chi connectivity index (χ4v) is 2.70. The third-order valence-electron chi connectivity index (χ3n) is 4.00. The molecule has 2 aromatic carbocycles. The van der Waals surface area contributed by atoms with E-state index >= 15 is 0 Å². The molecule has 25 heavy (non-hydrogen) atoms. The Balaban J connectivity index is 1.90. The summed E-state index contributed by atoms with van der Waals surface area (Å²) in [5.41, 5.74) is 2.36. The fraction of sp³-hybridized carbons (Fsp3) is 0.350. The molecule has 134 valence electrons. The lowest BCUT2D eigenvalue weighted by molar-refractivity contribution is 0.396. The second-order valence-electron chi connectivity index (χ2n) is 5.74. The molecule has 0 bridgehead atoms. The van der Waals surface area contributed by atoms with Gasteiger partial charge in [0.25, 0.3) is 0 Å². The second-order valence-corrected chi connectivity index (χ2v) is 5.74. The van der Waals surface area contributed by atoms with Crippen LogP contribution < -0.4 is 14.8 Å². The van der Waals surface area contributed by atoms with Crippen LogP contribution in [0.3, 0.4) is 0 Å². The average molecular weight is 341 g/mol. The summed E-state index contributed by atoms with van der Waals surface area (Å²) in [7, 11) is 7.20. The van der Waals surface area contributed by atoms with Crippen molar-refractivity contribution >= 4 is 5.96 Å². The number of aliphatic imine (C=N–C) groups is 1. The first-order valence-corrected chi connectivity index (χ1v) is 8.34. The van der Waals surface area contributed by atoms with Crippen LogP contribution in [0.5, 0.6) is 11.5 Å². The molecule has 0 radical (unpaired) electrons. The Bertz CT molecular complexity index is 701. The molecular weight excluding hydrogens is 314 g/mol. The summed E-state index contributed by atoms with van der Waals surface area (Å²) in [6.07, 6.45) is 0.902. The summed E-state index contributed by atoms with van der Waals surface area (Å²) >= 11 is 0. The van der Waals surface area contributed by atoms with Crippen LogP contribution in [0.2, 0.25) is 0 Å². The zero-order chi connectivity index (χ0) is 18.1. The highest BCUT2D eigenvalue weighted by Crippen LogP contribution is 2.18. The molecule has 0 aliphatic carbocycles. The van der Waals surface area contributed by atoms with E-state index in [-0.39, 0.29) is 0 Å². The maximum absolute atomic E-state index is 5.42. The molecule has 0 aromatic heterocycles. The normalized spacial score (nSPS) is 11.1. The maximum Gasteiger partial charge on any atom is 0.193 e. The highest BCUT2D eigenvalue weighted by atomic mass is 16.5. The molecule has 0 fully saturated rings. The Kier molecular flexibility index (Phi) is 7.14. The smallest absolute Gasteiger partial charge is 0.193 e. The van der Waals surface area contributed by atoms with E-state index in [1.165, 1.54) is 5.56 Å². The molecule has 0 saturated carbocycles. The molecule has 5 nitrogen and oxygen atoms in total. The second kappa shape index (κ2) is 9.57. The van der Waals surface area contributed by atoms with Gasteiger partial charge >= 0.3 is 0 Å². The molecule has 2 rings (SSSR count). The minimum Gasteiger partial charge on any atom is -0.497 e. The molecule has 0 atom stereocenters. The van der Waals surface area contributed by atoms with Gasteiger partial charge in [0.05, 0.1) is 14.2 Å². The predicted octanol–water partition coefficient (Wildman–Crippen LogP) is 2.95. The number of nitrogens with one attached hydrogen (secondary N) is 1.